The number of nitrogens with one attached hydrogen (secondary N) is 1. The standard InChI is InChI=1S/C26H26F2N6O3/c1-3-20(35)34-12-11-33(14-15(34)8-10-29)23-22-19(30-25(32-23)37-2)13-26(24(36)31-22)9-4-5-16-17(26)6-7-18(27)21(16)28/h3,6-7,15H,1,4-5,8-9,11-14H2,2H3,(H,31,36). The minimum atomic E-state index is -1.09. The van der Waals surface area contributed by atoms with E-state index in [4.69, 9.17) is 4.74 Å². The molecule has 3 aliphatic rings. The molecule has 2 amide bonds. The molecule has 3 heterocycles. The van der Waals surface area contributed by atoms with Crippen LogP contribution in [0, 0.1) is 23.0 Å². The number of amides is 2. The molecule has 192 valence electrons. The number of fused-ring (bicyclic) bond motifs is 3. The van der Waals surface area contributed by atoms with Gasteiger partial charge in [0.2, 0.25) is 11.8 Å². The monoisotopic (exact) mass is 508 g/mol. The lowest BCUT2D eigenvalue weighted by Gasteiger charge is -2.44. The highest BCUT2D eigenvalue weighted by atomic mass is 19.2. The van der Waals surface area contributed by atoms with Gasteiger partial charge in [-0.3, -0.25) is 9.59 Å². The molecule has 1 N–H and O–H groups in total. The molecule has 5 rings (SSSR count). The molecule has 2 unspecified atom stereocenters. The number of halogens is 2. The number of rotatable bonds is 4. The summed E-state index contributed by atoms with van der Waals surface area (Å²) in [5.41, 5.74) is 0.564. The van der Waals surface area contributed by atoms with Gasteiger partial charge in [0.25, 0.3) is 0 Å². The molecule has 2 atom stereocenters. The molecule has 11 heteroatoms. The van der Waals surface area contributed by atoms with Crippen LogP contribution in [0.5, 0.6) is 6.01 Å². The fraction of sp³-hybridized carbons (Fsp3) is 0.423. The Labute approximate surface area is 212 Å². The fourth-order valence-electron chi connectivity index (χ4n) is 5.79. The third-order valence-corrected chi connectivity index (χ3v) is 7.58. The molecule has 1 aliphatic carbocycles. The van der Waals surface area contributed by atoms with Gasteiger partial charge < -0.3 is 19.9 Å². The van der Waals surface area contributed by atoms with E-state index in [1.54, 1.807) is 4.90 Å². The van der Waals surface area contributed by atoms with Gasteiger partial charge in [0.1, 0.15) is 5.69 Å². The van der Waals surface area contributed by atoms with E-state index in [0.717, 1.165) is 6.07 Å². The van der Waals surface area contributed by atoms with Crippen molar-refractivity contribution in [2.75, 3.05) is 37.0 Å². The lowest BCUT2D eigenvalue weighted by molar-refractivity contribution is -0.128. The van der Waals surface area contributed by atoms with Gasteiger partial charge in [0.05, 0.1) is 36.8 Å². The van der Waals surface area contributed by atoms with Crippen molar-refractivity contribution in [3.05, 3.63) is 53.2 Å². The first-order valence-corrected chi connectivity index (χ1v) is 12.1. The topological polar surface area (TPSA) is 111 Å². The van der Waals surface area contributed by atoms with Gasteiger partial charge in [-0.25, -0.2) is 8.78 Å². The van der Waals surface area contributed by atoms with Crippen molar-refractivity contribution in [1.29, 1.82) is 5.26 Å². The Kier molecular flexibility index (Phi) is 6.27. The molecule has 9 nitrogen and oxygen atoms in total. The van der Waals surface area contributed by atoms with E-state index in [0.29, 0.717) is 61.7 Å². The van der Waals surface area contributed by atoms with E-state index in [-0.39, 0.29) is 36.2 Å². The van der Waals surface area contributed by atoms with Crippen molar-refractivity contribution >= 4 is 23.3 Å². The van der Waals surface area contributed by atoms with Crippen LogP contribution in [0.15, 0.2) is 24.8 Å². The summed E-state index contributed by atoms with van der Waals surface area (Å²) in [5.74, 6) is -1.99. The molecule has 1 fully saturated rings. The average Bonchev–Trinajstić information content (AvgIpc) is 2.91. The quantitative estimate of drug-likeness (QED) is 0.632. The second-order valence-electron chi connectivity index (χ2n) is 9.51. The molecule has 2 aliphatic heterocycles. The molecule has 1 spiro atoms. The maximum Gasteiger partial charge on any atom is 0.318 e. The SMILES string of the molecule is C=CC(=O)N1CCN(c2nc(OC)nc3c2NC(=O)C2(CCCc4c2ccc(F)c4F)C3)CC1CC#N. The molecule has 1 saturated heterocycles. The van der Waals surface area contributed by atoms with Crippen LogP contribution in [0.3, 0.4) is 0 Å². The van der Waals surface area contributed by atoms with Gasteiger partial charge in [0, 0.05) is 26.1 Å². The van der Waals surface area contributed by atoms with Crippen molar-refractivity contribution in [2.24, 2.45) is 0 Å². The predicted octanol–water partition coefficient (Wildman–Crippen LogP) is 2.65. The zero-order chi connectivity index (χ0) is 26.3. The summed E-state index contributed by atoms with van der Waals surface area (Å²) >= 11 is 0. The molecular formula is C26H26F2N6O3. The zero-order valence-corrected chi connectivity index (χ0v) is 20.4. The van der Waals surface area contributed by atoms with E-state index in [1.807, 2.05) is 4.90 Å². The number of aromatic nitrogens is 2. The third-order valence-electron chi connectivity index (χ3n) is 7.58. The summed E-state index contributed by atoms with van der Waals surface area (Å²) in [6.07, 6.45) is 2.87. The van der Waals surface area contributed by atoms with Gasteiger partial charge in [0.15, 0.2) is 17.5 Å². The summed E-state index contributed by atoms with van der Waals surface area (Å²) in [5, 5.41) is 12.3. The number of hydrogen-bond donors (Lipinski definition) is 1. The molecule has 0 radical (unpaired) electrons. The van der Waals surface area contributed by atoms with Crippen LogP contribution in [0.2, 0.25) is 0 Å². The molecule has 1 aromatic heterocycles. The lowest BCUT2D eigenvalue weighted by atomic mass is 9.65. The van der Waals surface area contributed by atoms with Crippen LogP contribution in [-0.4, -0.2) is 59.5 Å². The van der Waals surface area contributed by atoms with Crippen LogP contribution in [0.1, 0.15) is 36.1 Å². The van der Waals surface area contributed by atoms with Crippen LogP contribution in [0.4, 0.5) is 20.3 Å². The highest BCUT2D eigenvalue weighted by Gasteiger charge is 2.49. The molecule has 2 aromatic rings. The largest absolute Gasteiger partial charge is 0.467 e. The van der Waals surface area contributed by atoms with Crippen LogP contribution in [-0.2, 0) is 27.8 Å². The minimum absolute atomic E-state index is 0.0998. The van der Waals surface area contributed by atoms with Gasteiger partial charge in [-0.15, -0.1) is 0 Å². The Morgan fingerprint density at radius 2 is 2.19 bits per heavy atom. The Morgan fingerprint density at radius 1 is 1.38 bits per heavy atom. The Bertz CT molecular complexity index is 1340. The maximum absolute atomic E-state index is 14.7. The highest BCUT2D eigenvalue weighted by Crippen LogP contribution is 2.47. The number of nitrogens with zero attached hydrogens (tertiary/aromatic N) is 5. The van der Waals surface area contributed by atoms with Crippen molar-refractivity contribution in [3.8, 4) is 12.1 Å². The average molecular weight is 509 g/mol. The number of benzene rings is 1. The number of hydrogen-bond acceptors (Lipinski definition) is 7. The number of carbonyl (C=O) groups is 2. The number of carbonyl (C=O) groups excluding carboxylic acids is 2. The minimum Gasteiger partial charge on any atom is -0.467 e. The summed E-state index contributed by atoms with van der Waals surface area (Å²) in [7, 11) is 1.44. The van der Waals surface area contributed by atoms with E-state index in [1.165, 1.54) is 19.3 Å². The Hall–Kier alpha value is -4.07. The summed E-state index contributed by atoms with van der Waals surface area (Å²) in [4.78, 5) is 38.6. The van der Waals surface area contributed by atoms with Crippen LogP contribution < -0.4 is 15.0 Å². The summed E-state index contributed by atoms with van der Waals surface area (Å²) < 4.78 is 34.0. The van der Waals surface area contributed by atoms with Gasteiger partial charge >= 0.3 is 6.01 Å². The lowest BCUT2D eigenvalue weighted by Crippen LogP contribution is -2.55. The third kappa shape index (κ3) is 3.97. The van der Waals surface area contributed by atoms with E-state index < -0.39 is 23.1 Å². The Balaban J connectivity index is 1.55. The number of anilines is 2. The van der Waals surface area contributed by atoms with Gasteiger partial charge in [-0.2, -0.15) is 15.2 Å². The molecule has 1 aromatic carbocycles. The predicted molar refractivity (Wildman–Crippen MR) is 130 cm³/mol. The summed E-state index contributed by atoms with van der Waals surface area (Å²) in [6, 6.07) is 4.40. The maximum atomic E-state index is 14.7. The number of methoxy groups -OCH3 is 1. The molecule has 37 heavy (non-hydrogen) atoms. The van der Waals surface area contributed by atoms with Crippen molar-refractivity contribution in [1.82, 2.24) is 14.9 Å². The smallest absolute Gasteiger partial charge is 0.318 e. The fourth-order valence-corrected chi connectivity index (χ4v) is 5.79. The molecule has 0 saturated carbocycles. The Morgan fingerprint density at radius 3 is 2.92 bits per heavy atom. The van der Waals surface area contributed by atoms with Gasteiger partial charge in [-0.1, -0.05) is 12.6 Å². The molecule has 0 bridgehead atoms. The first-order chi connectivity index (χ1) is 17.8. The first kappa shape index (κ1) is 24.6. The highest BCUT2D eigenvalue weighted by molar-refractivity contribution is 6.04. The first-order valence-electron chi connectivity index (χ1n) is 12.1. The van der Waals surface area contributed by atoms with Crippen molar-refractivity contribution in [3.63, 3.8) is 0 Å². The number of piperazine rings is 1. The van der Waals surface area contributed by atoms with Crippen LogP contribution in [0.25, 0.3) is 0 Å². The van der Waals surface area contributed by atoms with E-state index >= 15 is 0 Å². The normalized spacial score (nSPS) is 22.5. The second kappa shape index (κ2) is 9.42. The van der Waals surface area contributed by atoms with E-state index in [9.17, 15) is 23.6 Å². The van der Waals surface area contributed by atoms with Crippen molar-refractivity contribution in [2.45, 2.75) is 43.6 Å². The van der Waals surface area contributed by atoms with Crippen molar-refractivity contribution < 1.29 is 23.1 Å². The van der Waals surface area contributed by atoms with Gasteiger partial charge in [-0.05, 0) is 42.5 Å². The second-order valence-corrected chi connectivity index (χ2v) is 9.51. The summed E-state index contributed by atoms with van der Waals surface area (Å²) in [6.45, 7) is 4.61. The van der Waals surface area contributed by atoms with Crippen LogP contribution >= 0.6 is 0 Å². The number of ether oxygens (including phenoxy) is 1. The number of nitriles is 1. The van der Waals surface area contributed by atoms with E-state index in [2.05, 4.69) is 27.9 Å². The molecular weight excluding hydrogens is 482 g/mol. The zero-order valence-electron chi connectivity index (χ0n) is 20.4.